The predicted octanol–water partition coefficient (Wildman–Crippen LogP) is 0.323. The molecule has 7 N–H and O–H groups in total. The van der Waals surface area contributed by atoms with Crippen molar-refractivity contribution in [2.75, 3.05) is 0 Å². The first-order valence-corrected chi connectivity index (χ1v) is 9.14. The molecule has 14 heteroatoms. The maximum atomic E-state index is 11.3. The monoisotopic (exact) mass is 414 g/mol. The van der Waals surface area contributed by atoms with Crippen LogP contribution < -0.4 is 11.1 Å². The van der Waals surface area contributed by atoms with Gasteiger partial charge in [-0.1, -0.05) is 29.8 Å². The largest absolute Gasteiger partial charge is 0.478 e. The van der Waals surface area contributed by atoms with Crippen LogP contribution >= 0.6 is 31.6 Å². The fraction of sp³-hybridized carbons (Fsp3) is 0.714. The molecule has 0 atom stereocenters. The van der Waals surface area contributed by atoms with E-state index in [1.165, 1.54) is 0 Å². The molecule has 0 unspecified atom stereocenters. The van der Waals surface area contributed by atoms with Crippen LogP contribution in [-0.2, 0) is 18.2 Å². The van der Waals surface area contributed by atoms with E-state index in [0.29, 0.717) is 12.8 Å². The van der Waals surface area contributed by atoms with Gasteiger partial charge < -0.3 is 25.3 Å². The van der Waals surface area contributed by atoms with Gasteiger partial charge in [0.2, 0.25) is 5.91 Å². The fourth-order valence-electron chi connectivity index (χ4n) is 0.934. The SMILES string of the molecule is CCC(Br)(CC)C(=O)NC(N)=O.O=P(O)(O)OP(=O)(O)O. The van der Waals surface area contributed by atoms with Crippen molar-refractivity contribution in [3.8, 4) is 0 Å². The van der Waals surface area contributed by atoms with E-state index in [0.717, 1.165) is 0 Å². The number of carbonyl (C=O) groups excluding carboxylic acids is 2. The average molecular weight is 415 g/mol. The highest BCUT2D eigenvalue weighted by molar-refractivity contribution is 9.10. The first-order chi connectivity index (χ1) is 9.17. The minimum atomic E-state index is -5.05. The Morgan fingerprint density at radius 1 is 1.14 bits per heavy atom. The van der Waals surface area contributed by atoms with E-state index in [-0.39, 0.29) is 5.91 Å². The number of hydrogen-bond donors (Lipinski definition) is 6. The van der Waals surface area contributed by atoms with Crippen molar-refractivity contribution in [1.82, 2.24) is 5.32 Å². The van der Waals surface area contributed by atoms with Crippen LogP contribution in [0.15, 0.2) is 0 Å². The van der Waals surface area contributed by atoms with Gasteiger partial charge in [-0.25, -0.2) is 13.9 Å². The van der Waals surface area contributed by atoms with E-state index in [1.807, 2.05) is 19.2 Å². The van der Waals surface area contributed by atoms with E-state index in [9.17, 15) is 18.7 Å². The molecule has 11 nitrogen and oxygen atoms in total. The van der Waals surface area contributed by atoms with Gasteiger partial charge in [-0.15, -0.1) is 0 Å². The second kappa shape index (κ2) is 8.96. The van der Waals surface area contributed by atoms with E-state index in [1.54, 1.807) is 0 Å². The molecule has 3 amide bonds. The summed E-state index contributed by atoms with van der Waals surface area (Å²) in [6, 6.07) is -0.814. The third kappa shape index (κ3) is 13.1. The Hall–Kier alpha value is -0.320. The summed E-state index contributed by atoms with van der Waals surface area (Å²) in [6.45, 7) is 3.72. The van der Waals surface area contributed by atoms with Gasteiger partial charge >= 0.3 is 21.7 Å². The first-order valence-electron chi connectivity index (χ1n) is 5.29. The van der Waals surface area contributed by atoms with Crippen molar-refractivity contribution in [2.45, 2.75) is 31.0 Å². The number of urea groups is 1. The molecule has 0 saturated carbocycles. The van der Waals surface area contributed by atoms with E-state index in [2.05, 4.69) is 20.2 Å². The molecule has 0 heterocycles. The van der Waals surface area contributed by atoms with Crippen LogP contribution in [0.2, 0.25) is 0 Å². The molecule has 0 rings (SSSR count). The van der Waals surface area contributed by atoms with E-state index < -0.39 is 26.0 Å². The van der Waals surface area contributed by atoms with Crippen molar-refractivity contribution < 1.29 is 42.6 Å². The molecule has 0 aliphatic rings. The number of nitrogens with two attached hydrogens (primary N) is 1. The lowest BCUT2D eigenvalue weighted by Gasteiger charge is -2.21. The summed E-state index contributed by atoms with van der Waals surface area (Å²) < 4.78 is 21.5. The van der Waals surface area contributed by atoms with Gasteiger partial charge in [0.05, 0.1) is 0 Å². The third-order valence-corrected chi connectivity index (χ3v) is 5.16. The zero-order chi connectivity index (χ0) is 17.5. The average Bonchev–Trinajstić information content (AvgIpc) is 2.22. The van der Waals surface area contributed by atoms with Crippen LogP contribution in [-0.4, -0.2) is 35.8 Å². The summed E-state index contributed by atoms with van der Waals surface area (Å²) in [7, 11) is -10.1. The van der Waals surface area contributed by atoms with Crippen molar-refractivity contribution in [2.24, 2.45) is 5.73 Å². The number of rotatable bonds is 5. The van der Waals surface area contributed by atoms with Crippen LogP contribution in [0.3, 0.4) is 0 Å². The lowest BCUT2D eigenvalue weighted by molar-refractivity contribution is -0.122. The quantitative estimate of drug-likeness (QED) is 0.271. The standard InChI is InChI=1S/C7H13BrN2O2.H4O7P2/c1-3-7(8,4-2)5(11)10-6(9)12;1-8(2,3)7-9(4,5)6/h3-4H2,1-2H3,(H3,9,10,11,12);(H2,1,2,3)(H2,4,5,6). The van der Waals surface area contributed by atoms with E-state index in [4.69, 9.17) is 25.3 Å². The van der Waals surface area contributed by atoms with E-state index >= 15 is 0 Å². The summed E-state index contributed by atoms with van der Waals surface area (Å²) in [6.07, 6.45) is 1.23. The Balaban J connectivity index is 0. The minimum Gasteiger partial charge on any atom is -0.351 e. The Kier molecular flexibility index (Phi) is 9.80. The van der Waals surface area contributed by atoms with Crippen molar-refractivity contribution >= 4 is 43.5 Å². The number of carbonyl (C=O) groups is 2. The zero-order valence-electron chi connectivity index (χ0n) is 11.1. The van der Waals surface area contributed by atoms with Gasteiger partial charge in [0.25, 0.3) is 0 Å². The number of nitrogens with one attached hydrogen (secondary N) is 1. The summed E-state index contributed by atoms with van der Waals surface area (Å²) in [4.78, 5) is 52.6. The molecular weight excluding hydrogens is 398 g/mol. The maximum absolute atomic E-state index is 11.3. The number of amides is 3. The molecule has 0 spiro atoms. The molecule has 0 aliphatic heterocycles. The molecule has 21 heavy (non-hydrogen) atoms. The molecule has 0 fully saturated rings. The Bertz CT molecular complexity index is 435. The zero-order valence-corrected chi connectivity index (χ0v) is 14.5. The highest BCUT2D eigenvalue weighted by Crippen LogP contribution is 2.53. The molecule has 0 aliphatic carbocycles. The number of hydrogen-bond acceptors (Lipinski definition) is 5. The van der Waals surface area contributed by atoms with Crippen molar-refractivity contribution in [3.63, 3.8) is 0 Å². The fourth-order valence-corrected chi connectivity index (χ4v) is 2.14. The predicted molar refractivity (Wildman–Crippen MR) is 75.1 cm³/mol. The maximum Gasteiger partial charge on any atom is 0.478 e. The van der Waals surface area contributed by atoms with Gasteiger partial charge in [-0.3, -0.25) is 10.1 Å². The molecular formula is C7H17BrN2O9P2. The normalized spacial score (nSPS) is 12.1. The Morgan fingerprint density at radius 2 is 1.48 bits per heavy atom. The summed E-state index contributed by atoms with van der Waals surface area (Å²) >= 11 is 3.26. The lowest BCUT2D eigenvalue weighted by atomic mass is 10.0. The smallest absolute Gasteiger partial charge is 0.351 e. The van der Waals surface area contributed by atoms with Gasteiger partial charge in [0, 0.05) is 0 Å². The molecule has 0 aromatic rings. The van der Waals surface area contributed by atoms with Crippen LogP contribution in [0.5, 0.6) is 0 Å². The lowest BCUT2D eigenvalue weighted by Crippen LogP contribution is -2.46. The van der Waals surface area contributed by atoms with Crippen LogP contribution in [0.4, 0.5) is 4.79 Å². The highest BCUT2D eigenvalue weighted by Gasteiger charge is 2.32. The molecule has 0 saturated heterocycles. The second-order valence-electron chi connectivity index (χ2n) is 3.55. The first kappa shape index (κ1) is 23.0. The Labute approximate surface area is 128 Å². The highest BCUT2D eigenvalue weighted by atomic mass is 79.9. The number of primary amides is 1. The summed E-state index contributed by atoms with van der Waals surface area (Å²) in [5.41, 5.74) is 4.81. The molecule has 0 aromatic carbocycles. The molecule has 0 bridgehead atoms. The summed E-state index contributed by atoms with van der Waals surface area (Å²) in [5, 5.41) is 2.04. The number of alkyl halides is 1. The van der Waals surface area contributed by atoms with Gasteiger partial charge in [0.1, 0.15) is 4.32 Å². The van der Waals surface area contributed by atoms with Crippen molar-refractivity contribution in [3.05, 3.63) is 0 Å². The molecule has 0 aromatic heterocycles. The molecule has 0 radical (unpaired) electrons. The number of phosphoric acid groups is 2. The second-order valence-corrected chi connectivity index (χ2v) is 7.69. The van der Waals surface area contributed by atoms with Crippen molar-refractivity contribution in [1.29, 1.82) is 0 Å². The topological polar surface area (TPSA) is 196 Å². The Morgan fingerprint density at radius 3 is 1.62 bits per heavy atom. The summed E-state index contributed by atoms with van der Waals surface area (Å²) in [5.74, 6) is -0.375. The van der Waals surface area contributed by atoms with Crippen LogP contribution in [0.25, 0.3) is 0 Å². The minimum absolute atomic E-state index is 0.375. The van der Waals surface area contributed by atoms with Crippen LogP contribution in [0.1, 0.15) is 26.7 Å². The van der Waals surface area contributed by atoms with Gasteiger partial charge in [0.15, 0.2) is 0 Å². The molecule has 126 valence electrons. The van der Waals surface area contributed by atoms with Gasteiger partial charge in [-0.05, 0) is 12.8 Å². The number of halogens is 1. The number of imide groups is 1. The van der Waals surface area contributed by atoms with Crippen LogP contribution in [0, 0.1) is 0 Å². The van der Waals surface area contributed by atoms with Gasteiger partial charge in [-0.2, -0.15) is 4.31 Å². The third-order valence-electron chi connectivity index (χ3n) is 1.98.